The van der Waals surface area contributed by atoms with Crippen molar-refractivity contribution in [1.29, 1.82) is 0 Å². The van der Waals surface area contributed by atoms with E-state index in [-0.39, 0.29) is 4.90 Å². The monoisotopic (exact) mass is 342 g/mol. The molecule has 0 heterocycles. The van der Waals surface area contributed by atoms with Gasteiger partial charge < -0.3 is 0 Å². The van der Waals surface area contributed by atoms with E-state index < -0.39 is 17.7 Å². The molecule has 0 aliphatic carbocycles. The van der Waals surface area contributed by atoms with E-state index in [0.29, 0.717) is 16.0 Å². The molecule has 0 N–H and O–H groups in total. The molecule has 0 saturated heterocycles. The molecule has 0 spiro atoms. The highest BCUT2D eigenvalue weighted by Crippen LogP contribution is 2.21. The minimum absolute atomic E-state index is 0.315. The fraction of sp³-hybridized carbons (Fsp3) is 0. The van der Waals surface area contributed by atoms with Crippen LogP contribution in [-0.2, 0) is 17.7 Å². The van der Waals surface area contributed by atoms with Gasteiger partial charge in [-0.25, -0.2) is 16.8 Å². The summed E-state index contributed by atoms with van der Waals surface area (Å²) in [6, 6.07) is 13.5. The van der Waals surface area contributed by atoms with Gasteiger partial charge in [-0.2, -0.15) is 0 Å². The summed E-state index contributed by atoms with van der Waals surface area (Å²) in [5.74, 6) is 0. The maximum Gasteiger partial charge on any atom is 0.285 e. The Morgan fingerprint density at radius 1 is 0.810 bits per heavy atom. The smallest absolute Gasteiger partial charge is 0.208 e. The summed E-state index contributed by atoms with van der Waals surface area (Å²) in [6.07, 6.45) is 1.24. The van der Waals surface area contributed by atoms with Crippen LogP contribution in [0.4, 0.5) is 0 Å². The molecule has 7 heteroatoms. The van der Waals surface area contributed by atoms with Crippen LogP contribution in [0.5, 0.6) is 0 Å². The Morgan fingerprint density at radius 2 is 1.38 bits per heavy atom. The molecule has 110 valence electrons. The van der Waals surface area contributed by atoms with Gasteiger partial charge in [-0.05, 0) is 35.9 Å². The summed E-state index contributed by atoms with van der Waals surface area (Å²) in [4.78, 5) is -0.315. The molecule has 0 aliphatic heterocycles. The summed E-state index contributed by atoms with van der Waals surface area (Å²) in [6.45, 7) is 0. The van der Waals surface area contributed by atoms with Crippen molar-refractivity contribution in [2.45, 2.75) is 4.90 Å². The minimum atomic E-state index is -4.50. The zero-order valence-electron chi connectivity index (χ0n) is 10.7. The summed E-state index contributed by atoms with van der Waals surface area (Å²) in [5, 5.41) is 1.01. The Hall–Kier alpha value is -1.63. The Labute approximate surface area is 127 Å². The molecule has 21 heavy (non-hydrogen) atoms. The Morgan fingerprint density at radius 3 is 1.95 bits per heavy atom. The van der Waals surface area contributed by atoms with E-state index in [1.807, 2.05) is 0 Å². The van der Waals surface area contributed by atoms with Crippen molar-refractivity contribution in [3.63, 3.8) is 0 Å². The topological polar surface area (TPSA) is 68.3 Å². The molecule has 0 aromatic heterocycles. The van der Waals surface area contributed by atoms with Crippen LogP contribution in [0.1, 0.15) is 5.56 Å². The Balaban J connectivity index is 2.39. The van der Waals surface area contributed by atoms with Crippen molar-refractivity contribution >= 4 is 35.4 Å². The van der Waals surface area contributed by atoms with Gasteiger partial charge in [0.1, 0.15) is 0 Å². The Bertz CT molecular complexity index is 853. The zero-order chi connectivity index (χ0) is 15.5. The third-order valence-corrected chi connectivity index (χ3v) is 7.56. The number of rotatable bonds is 4. The average Bonchev–Trinajstić information content (AvgIpc) is 2.46. The van der Waals surface area contributed by atoms with Crippen molar-refractivity contribution in [1.82, 2.24) is 0 Å². The molecule has 0 amide bonds. The second kappa shape index (κ2) is 6.01. The summed E-state index contributed by atoms with van der Waals surface area (Å²) < 4.78 is 48.2. The number of halogens is 1. The van der Waals surface area contributed by atoms with Crippen molar-refractivity contribution in [3.8, 4) is 0 Å². The standard InChI is InChI=1S/C14H11ClO4S2/c15-13-6-8-14(9-7-13)21(18,19)20(16,17)11-10-12-4-2-1-3-5-12/h1-11H. The number of hydrogen-bond donors (Lipinski definition) is 0. The van der Waals surface area contributed by atoms with Crippen LogP contribution >= 0.6 is 11.6 Å². The summed E-state index contributed by atoms with van der Waals surface area (Å²) in [5.41, 5.74) is 0.590. The lowest BCUT2D eigenvalue weighted by Gasteiger charge is -2.02. The highest BCUT2D eigenvalue weighted by molar-refractivity contribution is 8.68. The van der Waals surface area contributed by atoms with Crippen molar-refractivity contribution in [2.75, 3.05) is 0 Å². The molecule has 0 aliphatic rings. The highest BCUT2D eigenvalue weighted by atomic mass is 35.5. The van der Waals surface area contributed by atoms with E-state index in [9.17, 15) is 16.8 Å². The fourth-order valence-electron chi connectivity index (χ4n) is 1.53. The largest absolute Gasteiger partial charge is 0.285 e. The third-order valence-electron chi connectivity index (χ3n) is 2.63. The molecule has 0 saturated carbocycles. The first-order chi connectivity index (χ1) is 9.83. The van der Waals surface area contributed by atoms with Crippen LogP contribution in [0.25, 0.3) is 6.08 Å². The van der Waals surface area contributed by atoms with Gasteiger partial charge in [0.2, 0.25) is 0 Å². The van der Waals surface area contributed by atoms with E-state index in [4.69, 9.17) is 11.6 Å². The third kappa shape index (κ3) is 3.53. The molecule has 0 bridgehead atoms. The molecule has 2 aromatic rings. The molecule has 0 atom stereocenters. The van der Waals surface area contributed by atoms with Gasteiger partial charge in [-0.1, -0.05) is 41.9 Å². The molecular weight excluding hydrogens is 332 g/mol. The van der Waals surface area contributed by atoms with Crippen molar-refractivity contribution in [2.24, 2.45) is 0 Å². The number of benzene rings is 2. The van der Waals surface area contributed by atoms with Gasteiger partial charge in [0.25, 0.3) is 17.7 Å². The molecule has 0 fully saturated rings. The van der Waals surface area contributed by atoms with E-state index in [1.165, 1.54) is 18.2 Å². The lowest BCUT2D eigenvalue weighted by Crippen LogP contribution is -2.12. The van der Waals surface area contributed by atoms with Crippen LogP contribution in [0.15, 0.2) is 64.9 Å². The van der Waals surface area contributed by atoms with E-state index in [2.05, 4.69) is 0 Å². The minimum Gasteiger partial charge on any atom is -0.208 e. The maximum atomic E-state index is 12.1. The molecule has 2 rings (SSSR count). The summed E-state index contributed by atoms with van der Waals surface area (Å²) >= 11 is 5.66. The van der Waals surface area contributed by atoms with Gasteiger partial charge in [0.05, 0.1) is 4.90 Å². The van der Waals surface area contributed by atoms with Crippen LogP contribution in [0.3, 0.4) is 0 Å². The van der Waals surface area contributed by atoms with E-state index in [0.717, 1.165) is 12.1 Å². The van der Waals surface area contributed by atoms with Crippen molar-refractivity contribution < 1.29 is 16.8 Å². The second-order valence-corrected chi connectivity index (χ2v) is 9.90. The van der Waals surface area contributed by atoms with Gasteiger partial charge >= 0.3 is 0 Å². The van der Waals surface area contributed by atoms with E-state index >= 15 is 0 Å². The summed E-state index contributed by atoms with van der Waals surface area (Å²) in [7, 11) is -8.97. The molecular formula is C14H11ClO4S2. The van der Waals surface area contributed by atoms with Gasteiger partial charge in [0, 0.05) is 10.4 Å². The van der Waals surface area contributed by atoms with Crippen molar-refractivity contribution in [3.05, 3.63) is 70.6 Å². The molecule has 4 nitrogen and oxygen atoms in total. The molecule has 2 aromatic carbocycles. The zero-order valence-corrected chi connectivity index (χ0v) is 13.1. The quantitative estimate of drug-likeness (QED) is 0.800. The first-order valence-corrected chi connectivity index (χ1v) is 9.74. The first-order valence-electron chi connectivity index (χ1n) is 5.82. The second-order valence-electron chi connectivity index (χ2n) is 4.11. The lowest BCUT2D eigenvalue weighted by molar-refractivity contribution is 0.587. The fourth-order valence-corrected chi connectivity index (χ4v) is 4.61. The predicted octanol–water partition coefficient (Wildman–Crippen LogP) is 3.11. The Kier molecular flexibility index (Phi) is 4.51. The average molecular weight is 343 g/mol. The maximum absolute atomic E-state index is 12.1. The normalized spacial score (nSPS) is 12.6. The van der Waals surface area contributed by atoms with Gasteiger partial charge in [-0.3, -0.25) is 0 Å². The van der Waals surface area contributed by atoms with Gasteiger partial charge in [-0.15, -0.1) is 0 Å². The molecule has 0 radical (unpaired) electrons. The van der Waals surface area contributed by atoms with E-state index in [1.54, 1.807) is 30.3 Å². The van der Waals surface area contributed by atoms with Crippen LogP contribution in [0, 0.1) is 0 Å². The van der Waals surface area contributed by atoms with Crippen LogP contribution in [0.2, 0.25) is 5.02 Å². The molecule has 0 unspecified atom stereocenters. The predicted molar refractivity (Wildman–Crippen MR) is 83.0 cm³/mol. The van der Waals surface area contributed by atoms with Crippen LogP contribution < -0.4 is 0 Å². The lowest BCUT2D eigenvalue weighted by atomic mass is 10.2. The van der Waals surface area contributed by atoms with Gasteiger partial charge in [0.15, 0.2) is 0 Å². The SMILES string of the molecule is O=S(=O)(C=Cc1ccccc1)S(=O)(=O)c1ccc(Cl)cc1. The first kappa shape index (κ1) is 15.8. The number of hydrogen-bond acceptors (Lipinski definition) is 4. The highest BCUT2D eigenvalue weighted by Gasteiger charge is 2.29. The van der Waals surface area contributed by atoms with Crippen LogP contribution in [-0.4, -0.2) is 16.8 Å².